The Balaban J connectivity index is 3.01. The lowest BCUT2D eigenvalue weighted by molar-refractivity contribution is 0.0526. The van der Waals surface area contributed by atoms with E-state index < -0.39 is 0 Å². The summed E-state index contributed by atoms with van der Waals surface area (Å²) >= 11 is 0. The Morgan fingerprint density at radius 3 is 2.79 bits per heavy atom. The first-order valence-corrected chi connectivity index (χ1v) is 6.32. The van der Waals surface area contributed by atoms with E-state index in [1.165, 1.54) is 0 Å². The lowest BCUT2D eigenvalue weighted by atomic mass is 10.1. The molecule has 1 aromatic carbocycles. The highest BCUT2D eigenvalue weighted by molar-refractivity contribution is 5.92. The Bertz CT molecular complexity index is 480. The van der Waals surface area contributed by atoms with Gasteiger partial charge < -0.3 is 15.4 Å². The van der Waals surface area contributed by atoms with Crippen LogP contribution in [0.5, 0.6) is 0 Å². The summed E-state index contributed by atoms with van der Waals surface area (Å²) in [4.78, 5) is 13.7. The van der Waals surface area contributed by atoms with Gasteiger partial charge in [0.2, 0.25) is 0 Å². The summed E-state index contributed by atoms with van der Waals surface area (Å²) in [6.07, 6.45) is 0.414. The van der Waals surface area contributed by atoms with Crippen LogP contribution in [-0.2, 0) is 4.74 Å². The molecule has 0 aliphatic carbocycles. The molecule has 0 fully saturated rings. The molecule has 0 saturated heterocycles. The van der Waals surface area contributed by atoms with Gasteiger partial charge in [-0.3, -0.25) is 0 Å². The molecule has 5 nitrogen and oxygen atoms in total. The molecule has 0 atom stereocenters. The molecule has 5 heteroatoms. The van der Waals surface area contributed by atoms with Crippen molar-refractivity contribution in [3.8, 4) is 6.07 Å². The third kappa shape index (κ3) is 3.88. The highest BCUT2D eigenvalue weighted by atomic mass is 16.5. The van der Waals surface area contributed by atoms with Crippen LogP contribution in [0.1, 0.15) is 30.6 Å². The maximum absolute atomic E-state index is 11.7. The van der Waals surface area contributed by atoms with Gasteiger partial charge in [0.25, 0.3) is 0 Å². The van der Waals surface area contributed by atoms with Crippen molar-refractivity contribution in [1.82, 2.24) is 0 Å². The average Bonchev–Trinajstić information content (AvgIpc) is 2.41. The summed E-state index contributed by atoms with van der Waals surface area (Å²) in [7, 11) is 0. The normalized spacial score (nSPS) is 9.74. The zero-order valence-electron chi connectivity index (χ0n) is 11.3. The van der Waals surface area contributed by atoms with Gasteiger partial charge in [-0.2, -0.15) is 5.26 Å². The van der Waals surface area contributed by atoms with Crippen LogP contribution >= 0.6 is 0 Å². The predicted octanol–water partition coefficient (Wildman–Crippen LogP) is 2.19. The fourth-order valence-electron chi connectivity index (χ4n) is 1.79. The van der Waals surface area contributed by atoms with E-state index in [9.17, 15) is 4.79 Å². The molecule has 0 aromatic heterocycles. The Kier molecular flexibility index (Phi) is 5.68. The number of hydrogen-bond donors (Lipinski definition) is 1. The second-order valence-corrected chi connectivity index (χ2v) is 3.98. The van der Waals surface area contributed by atoms with E-state index in [0.29, 0.717) is 30.8 Å². The van der Waals surface area contributed by atoms with E-state index in [4.69, 9.17) is 15.7 Å². The Morgan fingerprint density at radius 1 is 1.47 bits per heavy atom. The molecule has 2 N–H and O–H groups in total. The second kappa shape index (κ2) is 7.27. The van der Waals surface area contributed by atoms with Crippen LogP contribution in [-0.4, -0.2) is 25.7 Å². The monoisotopic (exact) mass is 261 g/mol. The van der Waals surface area contributed by atoms with Crippen molar-refractivity contribution in [2.45, 2.75) is 20.3 Å². The number of nitrogen functional groups attached to an aromatic ring is 1. The number of anilines is 2. The molecule has 0 aliphatic rings. The summed E-state index contributed by atoms with van der Waals surface area (Å²) in [5.74, 6) is -0.361. The summed E-state index contributed by atoms with van der Waals surface area (Å²) in [5, 5.41) is 8.66. The van der Waals surface area contributed by atoms with Gasteiger partial charge in [0.05, 0.1) is 36.0 Å². The molecule has 1 aromatic rings. The van der Waals surface area contributed by atoms with Gasteiger partial charge in [0, 0.05) is 13.1 Å². The van der Waals surface area contributed by atoms with Crippen molar-refractivity contribution >= 4 is 17.3 Å². The SMILES string of the molecule is CCOC(=O)c1ccc(N)c(N(CC)CCC#N)c1. The van der Waals surface area contributed by atoms with E-state index in [1.807, 2.05) is 11.8 Å². The Labute approximate surface area is 113 Å². The van der Waals surface area contributed by atoms with E-state index in [-0.39, 0.29) is 5.97 Å². The number of nitriles is 1. The molecule has 102 valence electrons. The summed E-state index contributed by atoms with van der Waals surface area (Å²) < 4.78 is 4.97. The zero-order chi connectivity index (χ0) is 14.3. The van der Waals surface area contributed by atoms with Gasteiger partial charge >= 0.3 is 5.97 Å². The van der Waals surface area contributed by atoms with Crippen LogP contribution < -0.4 is 10.6 Å². The highest BCUT2D eigenvalue weighted by Crippen LogP contribution is 2.25. The van der Waals surface area contributed by atoms with Crippen LogP contribution in [0.25, 0.3) is 0 Å². The van der Waals surface area contributed by atoms with Crippen LogP contribution in [0.15, 0.2) is 18.2 Å². The molecule has 0 bridgehead atoms. The number of carbonyl (C=O) groups is 1. The predicted molar refractivity (Wildman–Crippen MR) is 74.9 cm³/mol. The number of benzene rings is 1. The van der Waals surface area contributed by atoms with Gasteiger partial charge in [-0.1, -0.05) is 0 Å². The van der Waals surface area contributed by atoms with Crippen LogP contribution in [0.3, 0.4) is 0 Å². The third-order valence-corrected chi connectivity index (χ3v) is 2.76. The molecule has 1 rings (SSSR count). The molecule has 0 spiro atoms. The van der Waals surface area contributed by atoms with E-state index in [0.717, 1.165) is 12.2 Å². The number of rotatable bonds is 6. The number of esters is 1. The highest BCUT2D eigenvalue weighted by Gasteiger charge is 2.13. The molecule has 0 saturated carbocycles. The maximum atomic E-state index is 11.7. The largest absolute Gasteiger partial charge is 0.462 e. The Hall–Kier alpha value is -2.22. The maximum Gasteiger partial charge on any atom is 0.338 e. The standard InChI is InChI=1S/C14H19N3O2/c1-3-17(9-5-8-15)13-10-11(6-7-12(13)16)14(18)19-4-2/h6-7,10H,3-5,9,16H2,1-2H3. The summed E-state index contributed by atoms with van der Waals surface area (Å²) in [5.41, 5.74) is 7.77. The molecule has 0 amide bonds. The molecule has 19 heavy (non-hydrogen) atoms. The first-order valence-electron chi connectivity index (χ1n) is 6.32. The minimum Gasteiger partial charge on any atom is -0.462 e. The molecule has 0 unspecified atom stereocenters. The minimum atomic E-state index is -0.361. The summed E-state index contributed by atoms with van der Waals surface area (Å²) in [6.45, 7) is 5.39. The van der Waals surface area contributed by atoms with Gasteiger partial charge in [-0.15, -0.1) is 0 Å². The van der Waals surface area contributed by atoms with Crippen molar-refractivity contribution < 1.29 is 9.53 Å². The van der Waals surface area contributed by atoms with Crippen LogP contribution in [0.2, 0.25) is 0 Å². The van der Waals surface area contributed by atoms with Crippen molar-refractivity contribution in [1.29, 1.82) is 5.26 Å². The van der Waals surface area contributed by atoms with E-state index in [2.05, 4.69) is 6.07 Å². The number of carbonyl (C=O) groups excluding carboxylic acids is 1. The third-order valence-electron chi connectivity index (χ3n) is 2.76. The zero-order valence-corrected chi connectivity index (χ0v) is 11.3. The smallest absolute Gasteiger partial charge is 0.338 e. The average molecular weight is 261 g/mol. The number of hydrogen-bond acceptors (Lipinski definition) is 5. The molecular weight excluding hydrogens is 242 g/mol. The Morgan fingerprint density at radius 2 is 2.21 bits per heavy atom. The fraction of sp³-hybridized carbons (Fsp3) is 0.429. The molecule has 0 aliphatic heterocycles. The fourth-order valence-corrected chi connectivity index (χ4v) is 1.79. The van der Waals surface area contributed by atoms with Gasteiger partial charge in [-0.25, -0.2) is 4.79 Å². The molecular formula is C14H19N3O2. The van der Waals surface area contributed by atoms with Crippen molar-refractivity contribution in [2.75, 3.05) is 30.3 Å². The first kappa shape index (κ1) is 14.8. The molecule has 0 heterocycles. The lowest BCUT2D eigenvalue weighted by Gasteiger charge is -2.24. The second-order valence-electron chi connectivity index (χ2n) is 3.98. The van der Waals surface area contributed by atoms with E-state index >= 15 is 0 Å². The minimum absolute atomic E-state index is 0.338. The summed E-state index contributed by atoms with van der Waals surface area (Å²) in [6, 6.07) is 7.16. The number of nitrogens with zero attached hydrogens (tertiary/aromatic N) is 2. The van der Waals surface area contributed by atoms with Crippen LogP contribution in [0, 0.1) is 11.3 Å². The number of ether oxygens (including phenoxy) is 1. The van der Waals surface area contributed by atoms with Crippen molar-refractivity contribution in [2.24, 2.45) is 0 Å². The first-order chi connectivity index (χ1) is 9.13. The van der Waals surface area contributed by atoms with Crippen molar-refractivity contribution in [3.05, 3.63) is 23.8 Å². The quantitative estimate of drug-likeness (QED) is 0.627. The van der Waals surface area contributed by atoms with Crippen LogP contribution in [0.4, 0.5) is 11.4 Å². The van der Waals surface area contributed by atoms with Gasteiger partial charge in [0.1, 0.15) is 0 Å². The van der Waals surface area contributed by atoms with Gasteiger partial charge in [-0.05, 0) is 32.0 Å². The topological polar surface area (TPSA) is 79.3 Å². The van der Waals surface area contributed by atoms with E-state index in [1.54, 1.807) is 25.1 Å². The number of nitrogens with two attached hydrogens (primary N) is 1. The molecule has 0 radical (unpaired) electrons. The van der Waals surface area contributed by atoms with Crippen molar-refractivity contribution in [3.63, 3.8) is 0 Å². The van der Waals surface area contributed by atoms with Gasteiger partial charge in [0.15, 0.2) is 0 Å². The lowest BCUT2D eigenvalue weighted by Crippen LogP contribution is -2.25.